The first kappa shape index (κ1) is 26.2. The smallest absolute Gasteiger partial charge is 0.242 e. The van der Waals surface area contributed by atoms with Crippen LogP contribution in [0.4, 0.5) is 11.6 Å². The van der Waals surface area contributed by atoms with Crippen LogP contribution in [-0.2, 0) is 0 Å². The Morgan fingerprint density at radius 3 is 2.27 bits per heavy atom. The molecule has 3 heterocycles. The van der Waals surface area contributed by atoms with Crippen molar-refractivity contribution in [3.63, 3.8) is 0 Å². The third kappa shape index (κ3) is 5.13. The molecule has 41 heavy (non-hydrogen) atoms. The van der Waals surface area contributed by atoms with E-state index in [1.54, 1.807) is 0 Å². The van der Waals surface area contributed by atoms with Gasteiger partial charge in [0, 0.05) is 11.3 Å². The highest BCUT2D eigenvalue weighted by Crippen LogP contribution is 2.36. The van der Waals surface area contributed by atoms with Crippen molar-refractivity contribution in [2.24, 2.45) is 0 Å². The van der Waals surface area contributed by atoms with E-state index in [1.165, 1.54) is 16.9 Å². The lowest BCUT2D eigenvalue weighted by Gasteiger charge is -2.13. The topological polar surface area (TPSA) is 102 Å². The van der Waals surface area contributed by atoms with Gasteiger partial charge in [-0.3, -0.25) is 0 Å². The number of aryl methyl sites for hydroxylation is 5. The number of nitrogens with zero attached hydrogens (tertiary/aromatic N) is 6. The molecule has 0 fully saturated rings. The molecule has 0 saturated heterocycles. The average Bonchev–Trinajstić information content (AvgIpc) is 3.61. The molecule has 3 aromatic heterocycles. The summed E-state index contributed by atoms with van der Waals surface area (Å²) in [6, 6.07) is 20.0. The summed E-state index contributed by atoms with van der Waals surface area (Å²) in [6.45, 7) is 10.1. The van der Waals surface area contributed by atoms with E-state index in [9.17, 15) is 5.26 Å². The van der Waals surface area contributed by atoms with Crippen LogP contribution in [0.5, 0.6) is 11.6 Å². The molecule has 0 saturated carbocycles. The van der Waals surface area contributed by atoms with Gasteiger partial charge in [0.2, 0.25) is 11.8 Å². The summed E-state index contributed by atoms with van der Waals surface area (Å²) in [7, 11) is 0. The maximum atomic E-state index is 9.29. The van der Waals surface area contributed by atoms with Crippen LogP contribution in [0.1, 0.15) is 33.4 Å². The minimum Gasteiger partial charge on any atom is -0.437 e. The largest absolute Gasteiger partial charge is 0.437 e. The minimum atomic E-state index is 0.430. The van der Waals surface area contributed by atoms with Gasteiger partial charge in [-0.2, -0.15) is 10.2 Å². The maximum absolute atomic E-state index is 9.29. The van der Waals surface area contributed by atoms with Crippen molar-refractivity contribution in [3.8, 4) is 34.6 Å². The summed E-state index contributed by atoms with van der Waals surface area (Å²) in [6.07, 6.45) is 1.96. The Labute approximate surface area is 241 Å². The van der Waals surface area contributed by atoms with Gasteiger partial charge >= 0.3 is 0 Å². The normalized spacial score (nSPS) is 11.0. The average molecular weight is 558 g/mol. The van der Waals surface area contributed by atoms with Crippen LogP contribution in [0.15, 0.2) is 66.2 Å². The Morgan fingerprint density at radius 2 is 1.59 bits per heavy atom. The predicted molar refractivity (Wildman–Crippen MR) is 162 cm³/mol. The van der Waals surface area contributed by atoms with E-state index in [-0.39, 0.29) is 0 Å². The molecular weight excluding hydrogens is 530 g/mol. The van der Waals surface area contributed by atoms with Gasteiger partial charge in [-0.25, -0.2) is 9.67 Å². The van der Waals surface area contributed by atoms with Crippen LogP contribution >= 0.6 is 11.3 Å². The fourth-order valence-electron chi connectivity index (χ4n) is 5.13. The summed E-state index contributed by atoms with van der Waals surface area (Å²) in [4.78, 5) is 9.39. The van der Waals surface area contributed by atoms with E-state index < -0.39 is 0 Å². The van der Waals surface area contributed by atoms with Crippen LogP contribution in [0.3, 0.4) is 0 Å². The summed E-state index contributed by atoms with van der Waals surface area (Å²) in [5, 5.41) is 23.4. The lowest BCUT2D eigenvalue weighted by atomic mass is 10.1. The molecule has 9 heteroatoms. The Morgan fingerprint density at radius 1 is 0.878 bits per heavy atom. The van der Waals surface area contributed by atoms with Crippen LogP contribution in [-0.4, -0.2) is 25.0 Å². The first-order valence-electron chi connectivity index (χ1n) is 13.1. The molecule has 202 valence electrons. The summed E-state index contributed by atoms with van der Waals surface area (Å²) in [5.74, 6) is 1.59. The van der Waals surface area contributed by atoms with E-state index in [1.807, 2.05) is 72.6 Å². The molecule has 6 aromatic rings. The van der Waals surface area contributed by atoms with Gasteiger partial charge < -0.3 is 10.1 Å². The number of rotatable bonds is 6. The molecule has 0 radical (unpaired) electrons. The first-order chi connectivity index (χ1) is 19.8. The zero-order chi connectivity index (χ0) is 28.7. The van der Waals surface area contributed by atoms with E-state index in [0.29, 0.717) is 23.1 Å². The van der Waals surface area contributed by atoms with E-state index in [2.05, 4.69) is 59.6 Å². The monoisotopic (exact) mass is 557 g/mol. The zero-order valence-electron chi connectivity index (χ0n) is 23.4. The highest BCUT2D eigenvalue weighted by molar-refractivity contribution is 7.17. The molecule has 0 atom stereocenters. The molecule has 0 aliphatic rings. The molecule has 0 spiro atoms. The van der Waals surface area contributed by atoms with Gasteiger partial charge in [0.05, 0.1) is 29.0 Å². The van der Waals surface area contributed by atoms with Crippen molar-refractivity contribution in [3.05, 3.63) is 99.6 Å². The molecule has 0 bridgehead atoms. The van der Waals surface area contributed by atoms with Gasteiger partial charge in [0.15, 0.2) is 0 Å². The summed E-state index contributed by atoms with van der Waals surface area (Å²) < 4.78 is 9.02. The molecule has 0 aliphatic carbocycles. The van der Waals surface area contributed by atoms with Crippen LogP contribution in [0.2, 0.25) is 0 Å². The van der Waals surface area contributed by atoms with Gasteiger partial charge in [-0.15, -0.1) is 16.4 Å². The van der Waals surface area contributed by atoms with E-state index in [0.717, 1.165) is 55.1 Å². The van der Waals surface area contributed by atoms with Gasteiger partial charge in [0.25, 0.3) is 0 Å². The lowest BCUT2D eigenvalue weighted by molar-refractivity contribution is 0.463. The Bertz CT molecular complexity index is 1920. The predicted octanol–water partition coefficient (Wildman–Crippen LogP) is 7.89. The first-order valence-corrected chi connectivity index (χ1v) is 14.0. The molecule has 0 amide bonds. The maximum Gasteiger partial charge on any atom is 0.242 e. The summed E-state index contributed by atoms with van der Waals surface area (Å²) in [5.41, 5.74) is 10.3. The molecule has 8 nitrogen and oxygen atoms in total. The second-order valence-corrected chi connectivity index (χ2v) is 11.1. The standard InChI is InChI=1S/C32H27N7OS/c1-18-12-19(2)28(20(3)13-18)39-17-27(37-38-39)24-6-8-25(9-7-24)34-32-35-26-10-11-41-30(26)31(36-32)40-29-21(4)14-23(16-33)15-22(29)5/h6-15,17H,1-5H3,(H,34,35,36). The minimum absolute atomic E-state index is 0.430. The Balaban J connectivity index is 1.25. The number of nitriles is 1. The Kier molecular flexibility index (Phi) is 6.69. The number of nitrogens with one attached hydrogen (secondary N) is 1. The second-order valence-electron chi connectivity index (χ2n) is 10.1. The number of anilines is 2. The molecule has 0 aliphatic heterocycles. The number of ether oxygens (including phenoxy) is 1. The van der Waals surface area contributed by atoms with Crippen molar-refractivity contribution in [1.29, 1.82) is 5.26 Å². The van der Waals surface area contributed by atoms with Gasteiger partial charge in [-0.05, 0) is 92.6 Å². The molecular formula is C32H27N7OS. The number of thiophene rings is 1. The molecule has 0 unspecified atom stereocenters. The fraction of sp³-hybridized carbons (Fsp3) is 0.156. The van der Waals surface area contributed by atoms with Gasteiger partial charge in [-0.1, -0.05) is 35.0 Å². The van der Waals surface area contributed by atoms with Crippen molar-refractivity contribution < 1.29 is 4.74 Å². The van der Waals surface area contributed by atoms with E-state index >= 15 is 0 Å². The molecule has 1 N–H and O–H groups in total. The molecule has 3 aromatic carbocycles. The third-order valence-corrected chi connectivity index (χ3v) is 7.75. The van der Waals surface area contributed by atoms with Crippen molar-refractivity contribution in [2.75, 3.05) is 5.32 Å². The number of hydrogen-bond donors (Lipinski definition) is 1. The number of benzene rings is 3. The quantitative estimate of drug-likeness (QED) is 0.222. The SMILES string of the molecule is Cc1cc(C)c(-n2cc(-c3ccc(Nc4nc(Oc5c(C)cc(C#N)cc5C)c5sccc5n4)cc3)nn2)c(C)c1. The van der Waals surface area contributed by atoms with Crippen LogP contribution in [0.25, 0.3) is 27.2 Å². The molecule has 6 rings (SSSR count). The summed E-state index contributed by atoms with van der Waals surface area (Å²) >= 11 is 1.52. The van der Waals surface area contributed by atoms with Gasteiger partial charge in [0.1, 0.15) is 16.1 Å². The zero-order valence-corrected chi connectivity index (χ0v) is 24.2. The number of aromatic nitrogens is 5. The Hall–Kier alpha value is -5.07. The highest BCUT2D eigenvalue weighted by atomic mass is 32.1. The fourth-order valence-corrected chi connectivity index (χ4v) is 5.88. The number of fused-ring (bicyclic) bond motifs is 1. The van der Waals surface area contributed by atoms with Crippen LogP contribution < -0.4 is 10.1 Å². The number of hydrogen-bond acceptors (Lipinski definition) is 8. The third-order valence-electron chi connectivity index (χ3n) is 6.86. The second kappa shape index (κ2) is 10.5. The van der Waals surface area contributed by atoms with Crippen molar-refractivity contribution in [1.82, 2.24) is 25.0 Å². The lowest BCUT2D eigenvalue weighted by Crippen LogP contribution is -2.01. The van der Waals surface area contributed by atoms with Crippen LogP contribution in [0, 0.1) is 45.9 Å². The highest BCUT2D eigenvalue weighted by Gasteiger charge is 2.16. The van der Waals surface area contributed by atoms with Crippen molar-refractivity contribution in [2.45, 2.75) is 34.6 Å². The van der Waals surface area contributed by atoms with Crippen molar-refractivity contribution >= 4 is 33.2 Å². The van der Waals surface area contributed by atoms with E-state index in [4.69, 9.17) is 9.72 Å².